The quantitative estimate of drug-likeness (QED) is 0.823. The summed E-state index contributed by atoms with van der Waals surface area (Å²) in [5.74, 6) is -0.355. The third kappa shape index (κ3) is 4.07. The maximum absolute atomic E-state index is 13.3. The zero-order valence-electron chi connectivity index (χ0n) is 13.7. The van der Waals surface area contributed by atoms with Gasteiger partial charge in [0.15, 0.2) is 0 Å². The Morgan fingerprint density at radius 2 is 2.00 bits per heavy atom. The number of hydrogen-bond donors (Lipinski definition) is 1. The summed E-state index contributed by atoms with van der Waals surface area (Å²) < 4.78 is 48.3. The van der Waals surface area contributed by atoms with Crippen LogP contribution in [0, 0.1) is 12.7 Å². The first-order chi connectivity index (χ1) is 11.9. The molecule has 25 heavy (non-hydrogen) atoms. The highest BCUT2D eigenvalue weighted by atomic mass is 32.2. The summed E-state index contributed by atoms with van der Waals surface area (Å²) in [7, 11) is -3.97. The van der Waals surface area contributed by atoms with Gasteiger partial charge in [-0.3, -0.25) is 4.18 Å². The molecular formula is C18H19FO5S. The third-order valence-electron chi connectivity index (χ3n) is 4.13. The maximum atomic E-state index is 13.3. The van der Waals surface area contributed by atoms with E-state index in [9.17, 15) is 17.9 Å². The predicted molar refractivity (Wildman–Crippen MR) is 89.1 cm³/mol. The fourth-order valence-corrected chi connectivity index (χ4v) is 3.72. The van der Waals surface area contributed by atoms with Crippen molar-refractivity contribution < 1.29 is 26.8 Å². The molecule has 1 N–H and O–H groups in total. The number of benzene rings is 2. The highest BCUT2D eigenvalue weighted by Gasteiger charge is 2.29. The molecule has 5 nitrogen and oxygen atoms in total. The van der Waals surface area contributed by atoms with Gasteiger partial charge in [0.1, 0.15) is 18.0 Å². The smallest absolute Gasteiger partial charge is 0.297 e. The second kappa shape index (κ2) is 7.21. The fourth-order valence-electron chi connectivity index (χ4n) is 2.79. The monoisotopic (exact) mass is 366 g/mol. The van der Waals surface area contributed by atoms with Crippen molar-refractivity contribution in [3.8, 4) is 0 Å². The standard InChI is InChI=1S/C18H19FO5S/c1-12-2-5-15(6-3-12)25(21,22)24-11-17(20)18-16-7-4-14(19)10-13(16)8-9-23-18/h2-7,10,17-18,20H,8-9,11H2,1H3/t17-,18?/m0/s1. The van der Waals surface area contributed by atoms with E-state index in [1.54, 1.807) is 18.2 Å². The Labute approximate surface area is 146 Å². The molecule has 0 spiro atoms. The molecule has 1 aliphatic heterocycles. The third-order valence-corrected chi connectivity index (χ3v) is 5.43. The molecule has 2 aromatic carbocycles. The van der Waals surface area contributed by atoms with E-state index in [-0.39, 0.29) is 10.7 Å². The van der Waals surface area contributed by atoms with Crippen molar-refractivity contribution in [2.75, 3.05) is 13.2 Å². The van der Waals surface area contributed by atoms with E-state index in [4.69, 9.17) is 8.92 Å². The molecule has 0 saturated heterocycles. The van der Waals surface area contributed by atoms with Crippen LogP contribution in [0.4, 0.5) is 4.39 Å². The zero-order chi connectivity index (χ0) is 18.0. The topological polar surface area (TPSA) is 72.8 Å². The Balaban J connectivity index is 1.71. The molecule has 0 amide bonds. The molecular weight excluding hydrogens is 347 g/mol. The molecule has 1 unspecified atom stereocenters. The second-order valence-corrected chi connectivity index (χ2v) is 7.62. The van der Waals surface area contributed by atoms with Crippen LogP contribution in [0.3, 0.4) is 0 Å². The van der Waals surface area contributed by atoms with Crippen LogP contribution < -0.4 is 0 Å². The van der Waals surface area contributed by atoms with Gasteiger partial charge in [-0.1, -0.05) is 23.8 Å². The Hall–Kier alpha value is -1.80. The van der Waals surface area contributed by atoms with Gasteiger partial charge in [0.05, 0.1) is 18.1 Å². The lowest BCUT2D eigenvalue weighted by molar-refractivity contribution is -0.0613. The van der Waals surface area contributed by atoms with Gasteiger partial charge in [0, 0.05) is 0 Å². The van der Waals surface area contributed by atoms with Gasteiger partial charge in [-0.2, -0.15) is 8.42 Å². The number of fused-ring (bicyclic) bond motifs is 1. The van der Waals surface area contributed by atoms with E-state index in [1.165, 1.54) is 24.3 Å². The van der Waals surface area contributed by atoms with Crippen LogP contribution >= 0.6 is 0 Å². The van der Waals surface area contributed by atoms with Crippen molar-refractivity contribution in [3.05, 3.63) is 65.0 Å². The number of aliphatic hydroxyl groups excluding tert-OH is 1. The highest BCUT2D eigenvalue weighted by Crippen LogP contribution is 2.30. The van der Waals surface area contributed by atoms with Crippen LogP contribution in [-0.2, 0) is 25.5 Å². The Morgan fingerprint density at radius 3 is 2.72 bits per heavy atom. The number of hydrogen-bond acceptors (Lipinski definition) is 5. The van der Waals surface area contributed by atoms with Gasteiger partial charge in [-0.05, 0) is 48.7 Å². The molecule has 0 saturated carbocycles. The first-order valence-corrected chi connectivity index (χ1v) is 9.32. The molecule has 2 aromatic rings. The van der Waals surface area contributed by atoms with Crippen LogP contribution in [0.2, 0.25) is 0 Å². The van der Waals surface area contributed by atoms with Crippen molar-refractivity contribution in [2.24, 2.45) is 0 Å². The van der Waals surface area contributed by atoms with E-state index in [0.717, 1.165) is 11.1 Å². The lowest BCUT2D eigenvalue weighted by atomic mass is 9.94. The minimum atomic E-state index is -3.97. The fraction of sp³-hybridized carbons (Fsp3) is 0.333. The van der Waals surface area contributed by atoms with E-state index in [0.29, 0.717) is 18.6 Å². The molecule has 3 rings (SSSR count). The van der Waals surface area contributed by atoms with Crippen molar-refractivity contribution >= 4 is 10.1 Å². The minimum absolute atomic E-state index is 0.0253. The summed E-state index contributed by atoms with van der Waals surface area (Å²) in [6.07, 6.45) is -1.40. The molecule has 0 bridgehead atoms. The van der Waals surface area contributed by atoms with Crippen molar-refractivity contribution in [3.63, 3.8) is 0 Å². The van der Waals surface area contributed by atoms with E-state index < -0.39 is 28.9 Å². The highest BCUT2D eigenvalue weighted by molar-refractivity contribution is 7.86. The van der Waals surface area contributed by atoms with Gasteiger partial charge >= 0.3 is 0 Å². The zero-order valence-corrected chi connectivity index (χ0v) is 14.5. The average molecular weight is 366 g/mol. The predicted octanol–water partition coefficient (Wildman–Crippen LogP) is 2.51. The Bertz CT molecular complexity index is 848. The summed E-state index contributed by atoms with van der Waals surface area (Å²) in [5.41, 5.74) is 2.33. The van der Waals surface area contributed by atoms with Crippen LogP contribution in [0.25, 0.3) is 0 Å². The molecule has 2 atom stereocenters. The summed E-state index contributed by atoms with van der Waals surface area (Å²) in [6, 6.07) is 10.5. The van der Waals surface area contributed by atoms with Crippen LogP contribution in [0.5, 0.6) is 0 Å². The van der Waals surface area contributed by atoms with Gasteiger partial charge in [-0.25, -0.2) is 4.39 Å². The Morgan fingerprint density at radius 1 is 1.28 bits per heavy atom. The summed E-state index contributed by atoms with van der Waals surface area (Å²) in [6.45, 7) is 1.72. The number of ether oxygens (including phenoxy) is 1. The summed E-state index contributed by atoms with van der Waals surface area (Å²) in [4.78, 5) is 0.0253. The van der Waals surface area contributed by atoms with Gasteiger partial charge in [-0.15, -0.1) is 0 Å². The van der Waals surface area contributed by atoms with Crippen LogP contribution in [-0.4, -0.2) is 32.8 Å². The van der Waals surface area contributed by atoms with Gasteiger partial charge < -0.3 is 9.84 Å². The largest absolute Gasteiger partial charge is 0.388 e. The summed E-state index contributed by atoms with van der Waals surface area (Å²) in [5, 5.41) is 10.3. The first kappa shape index (κ1) is 18.0. The molecule has 0 aromatic heterocycles. The SMILES string of the molecule is Cc1ccc(S(=O)(=O)OC[C@H](O)C2OCCc3cc(F)ccc32)cc1. The van der Waals surface area contributed by atoms with E-state index in [1.807, 2.05) is 6.92 Å². The summed E-state index contributed by atoms with van der Waals surface area (Å²) >= 11 is 0. The van der Waals surface area contributed by atoms with E-state index >= 15 is 0 Å². The maximum Gasteiger partial charge on any atom is 0.297 e. The second-order valence-electron chi connectivity index (χ2n) is 6.00. The van der Waals surface area contributed by atoms with Crippen LogP contribution in [0.1, 0.15) is 22.8 Å². The molecule has 0 radical (unpaired) electrons. The molecule has 0 aliphatic carbocycles. The molecule has 7 heteroatoms. The van der Waals surface area contributed by atoms with Crippen LogP contribution in [0.15, 0.2) is 47.4 Å². The van der Waals surface area contributed by atoms with Crippen molar-refractivity contribution in [1.82, 2.24) is 0 Å². The molecule has 1 aliphatic rings. The van der Waals surface area contributed by atoms with Crippen molar-refractivity contribution in [1.29, 1.82) is 0 Å². The minimum Gasteiger partial charge on any atom is -0.388 e. The normalized spacial score (nSPS) is 18.6. The number of aliphatic hydroxyl groups is 1. The Kier molecular flexibility index (Phi) is 5.19. The van der Waals surface area contributed by atoms with Crippen molar-refractivity contribution in [2.45, 2.75) is 30.4 Å². The number of halogens is 1. The average Bonchev–Trinajstić information content (AvgIpc) is 2.59. The molecule has 134 valence electrons. The lowest BCUT2D eigenvalue weighted by Gasteiger charge is -2.29. The van der Waals surface area contributed by atoms with Gasteiger partial charge in [0.2, 0.25) is 0 Å². The lowest BCUT2D eigenvalue weighted by Crippen LogP contribution is -2.31. The first-order valence-electron chi connectivity index (χ1n) is 7.91. The molecule has 0 fully saturated rings. The van der Waals surface area contributed by atoms with Gasteiger partial charge in [0.25, 0.3) is 10.1 Å². The van der Waals surface area contributed by atoms with E-state index in [2.05, 4.69) is 0 Å². The molecule has 1 heterocycles. The number of aryl methyl sites for hydroxylation is 1. The number of rotatable bonds is 5.